The molecule has 5 rings (SSSR count). The molecule has 1 N–H and O–H groups in total. The molecule has 1 spiro atoms. The number of nitrogens with one attached hydrogen (secondary N) is 1. The van der Waals surface area contributed by atoms with Crippen LogP contribution in [0.25, 0.3) is 6.08 Å². The van der Waals surface area contributed by atoms with Crippen LogP contribution < -0.4 is 5.32 Å². The topological polar surface area (TPSA) is 32.3 Å². The summed E-state index contributed by atoms with van der Waals surface area (Å²) >= 11 is 0. The van der Waals surface area contributed by atoms with E-state index in [9.17, 15) is 31.1 Å². The van der Waals surface area contributed by atoms with E-state index < -0.39 is 23.5 Å². The van der Waals surface area contributed by atoms with Crippen molar-refractivity contribution < 1.29 is 31.1 Å². The molecular formula is C29H30F6N2O. The van der Waals surface area contributed by atoms with Gasteiger partial charge < -0.3 is 10.2 Å². The Balaban J connectivity index is 1.18. The Kier molecular flexibility index (Phi) is 7.09. The molecule has 204 valence electrons. The Labute approximate surface area is 217 Å². The zero-order chi connectivity index (χ0) is 27.1. The highest BCUT2D eigenvalue weighted by atomic mass is 19.4. The molecule has 0 aromatic heterocycles. The van der Waals surface area contributed by atoms with Crippen LogP contribution in [0.4, 0.5) is 26.3 Å². The summed E-state index contributed by atoms with van der Waals surface area (Å²) in [6.07, 6.45) is -0.898. The van der Waals surface area contributed by atoms with Crippen LogP contribution in [0.2, 0.25) is 0 Å². The van der Waals surface area contributed by atoms with Crippen molar-refractivity contribution in [3.8, 4) is 0 Å². The molecule has 3 aliphatic rings. The summed E-state index contributed by atoms with van der Waals surface area (Å²) in [7, 11) is 0. The van der Waals surface area contributed by atoms with Gasteiger partial charge in [-0.25, -0.2) is 0 Å². The standard InChI is InChI=1S/C29H30F6N2O/c30-28(31,32)22-15-19(16-23(17-22)29(33,34)35)18-36-26(38)24(20-5-6-20)8-12-37-13-10-27(11-14-37)9-7-21-3-1-2-4-25(21)27/h1-4,7,9,15-17,20,24H,5-6,8,10-14,18H2,(H,36,38)/t24-/m0/s1. The third-order valence-corrected chi connectivity index (χ3v) is 8.23. The molecule has 9 heteroatoms. The van der Waals surface area contributed by atoms with Gasteiger partial charge in [-0.2, -0.15) is 26.3 Å². The third-order valence-electron chi connectivity index (χ3n) is 8.23. The first kappa shape index (κ1) is 26.8. The molecule has 38 heavy (non-hydrogen) atoms. The molecule has 1 aliphatic heterocycles. The smallest absolute Gasteiger partial charge is 0.352 e. The number of allylic oxidation sites excluding steroid dienone is 1. The number of carbonyl (C=O) groups is 1. The van der Waals surface area contributed by atoms with Crippen molar-refractivity contribution in [1.29, 1.82) is 0 Å². The second-order valence-corrected chi connectivity index (χ2v) is 10.8. The maximum absolute atomic E-state index is 13.2. The maximum Gasteiger partial charge on any atom is 0.416 e. The summed E-state index contributed by atoms with van der Waals surface area (Å²) in [6.45, 7) is 2.16. The van der Waals surface area contributed by atoms with Crippen LogP contribution in [0, 0.1) is 11.8 Å². The zero-order valence-electron chi connectivity index (χ0n) is 20.8. The van der Waals surface area contributed by atoms with Gasteiger partial charge in [0.05, 0.1) is 11.1 Å². The highest BCUT2D eigenvalue weighted by Crippen LogP contribution is 2.44. The lowest BCUT2D eigenvalue weighted by atomic mass is 9.74. The Morgan fingerprint density at radius 1 is 0.974 bits per heavy atom. The number of hydrogen-bond donors (Lipinski definition) is 1. The Morgan fingerprint density at radius 3 is 2.21 bits per heavy atom. The fourth-order valence-corrected chi connectivity index (χ4v) is 5.89. The van der Waals surface area contributed by atoms with Crippen molar-refractivity contribution in [3.63, 3.8) is 0 Å². The Bertz CT molecular complexity index is 1170. The third kappa shape index (κ3) is 5.77. The molecule has 0 unspecified atom stereocenters. The normalized spacial score (nSPS) is 19.9. The molecule has 0 radical (unpaired) electrons. The first-order valence-corrected chi connectivity index (χ1v) is 13.0. The molecule has 0 bridgehead atoms. The van der Waals surface area contributed by atoms with Crippen molar-refractivity contribution in [2.45, 2.75) is 56.4 Å². The summed E-state index contributed by atoms with van der Waals surface area (Å²) in [6, 6.07) is 9.88. The van der Waals surface area contributed by atoms with E-state index in [1.54, 1.807) is 0 Å². The van der Waals surface area contributed by atoms with E-state index in [0.29, 0.717) is 18.6 Å². The Hall–Kier alpha value is -2.81. The largest absolute Gasteiger partial charge is 0.416 e. The lowest BCUT2D eigenvalue weighted by Gasteiger charge is -2.39. The first-order chi connectivity index (χ1) is 17.9. The van der Waals surface area contributed by atoms with Crippen molar-refractivity contribution in [2.24, 2.45) is 11.8 Å². The number of likely N-dealkylation sites (tertiary alicyclic amines) is 1. The van der Waals surface area contributed by atoms with E-state index in [2.05, 4.69) is 40.6 Å². The Morgan fingerprint density at radius 2 is 1.61 bits per heavy atom. The van der Waals surface area contributed by atoms with E-state index in [1.807, 2.05) is 6.07 Å². The van der Waals surface area contributed by atoms with Crippen LogP contribution in [-0.4, -0.2) is 30.4 Å². The lowest BCUT2D eigenvalue weighted by Crippen LogP contribution is -2.42. The van der Waals surface area contributed by atoms with E-state index in [4.69, 9.17) is 0 Å². The minimum absolute atomic E-state index is 0.0700. The highest BCUT2D eigenvalue weighted by Gasteiger charge is 2.40. The predicted octanol–water partition coefficient (Wildman–Crippen LogP) is 6.82. The summed E-state index contributed by atoms with van der Waals surface area (Å²) < 4.78 is 79.0. The molecule has 3 nitrogen and oxygen atoms in total. The molecular weight excluding hydrogens is 506 g/mol. The summed E-state index contributed by atoms with van der Waals surface area (Å²) in [5.41, 5.74) is -0.259. The summed E-state index contributed by atoms with van der Waals surface area (Å²) in [4.78, 5) is 15.3. The molecule has 2 aromatic rings. The number of hydrogen-bond acceptors (Lipinski definition) is 2. The number of benzene rings is 2. The predicted molar refractivity (Wildman–Crippen MR) is 132 cm³/mol. The van der Waals surface area contributed by atoms with Gasteiger partial charge in [0, 0.05) is 17.9 Å². The second-order valence-electron chi connectivity index (χ2n) is 10.8. The van der Waals surface area contributed by atoms with Gasteiger partial charge in [-0.15, -0.1) is 0 Å². The van der Waals surface area contributed by atoms with E-state index in [0.717, 1.165) is 45.3 Å². The number of halogens is 6. The summed E-state index contributed by atoms with van der Waals surface area (Å²) in [5, 5.41) is 2.61. The van der Waals surface area contributed by atoms with Crippen molar-refractivity contribution in [3.05, 3.63) is 76.4 Å². The van der Waals surface area contributed by atoms with Crippen molar-refractivity contribution >= 4 is 12.0 Å². The van der Waals surface area contributed by atoms with Gasteiger partial charge in [-0.3, -0.25) is 4.79 Å². The van der Waals surface area contributed by atoms with Crippen molar-refractivity contribution in [1.82, 2.24) is 10.2 Å². The lowest BCUT2D eigenvalue weighted by molar-refractivity contribution is -0.143. The van der Waals surface area contributed by atoms with Gasteiger partial charge in [0.1, 0.15) is 0 Å². The molecule has 1 heterocycles. The SMILES string of the molecule is O=C(NCc1cc(C(F)(F)F)cc(C(F)(F)F)c1)[C@@H](CCN1CCC2(C=Cc3ccccc32)CC1)C1CC1. The number of amides is 1. The second kappa shape index (κ2) is 10.1. The van der Waals surface area contributed by atoms with Crippen LogP contribution in [0.15, 0.2) is 48.5 Å². The fraction of sp³-hybridized carbons (Fsp3) is 0.483. The molecule has 2 aromatic carbocycles. The van der Waals surface area contributed by atoms with E-state index >= 15 is 0 Å². The average molecular weight is 537 g/mol. The highest BCUT2D eigenvalue weighted by molar-refractivity contribution is 5.79. The van der Waals surface area contributed by atoms with E-state index in [1.165, 1.54) is 11.1 Å². The number of fused-ring (bicyclic) bond motifs is 2. The van der Waals surface area contributed by atoms with Crippen molar-refractivity contribution in [2.75, 3.05) is 19.6 Å². The monoisotopic (exact) mass is 536 g/mol. The number of nitrogens with zero attached hydrogens (tertiary/aromatic N) is 1. The minimum atomic E-state index is -4.92. The molecule has 1 saturated heterocycles. The van der Waals surface area contributed by atoms with Crippen LogP contribution >= 0.6 is 0 Å². The van der Waals surface area contributed by atoms with Crippen LogP contribution in [0.3, 0.4) is 0 Å². The first-order valence-electron chi connectivity index (χ1n) is 13.0. The average Bonchev–Trinajstić information content (AvgIpc) is 3.65. The molecule has 2 fully saturated rings. The maximum atomic E-state index is 13.2. The fourth-order valence-electron chi connectivity index (χ4n) is 5.89. The van der Waals surface area contributed by atoms with Gasteiger partial charge in [-0.1, -0.05) is 36.4 Å². The molecule has 1 atom stereocenters. The van der Waals surface area contributed by atoms with Gasteiger partial charge in [-0.05, 0) is 92.5 Å². The molecule has 1 amide bonds. The van der Waals surface area contributed by atoms with Crippen LogP contribution in [-0.2, 0) is 29.1 Å². The van der Waals surface area contributed by atoms with Gasteiger partial charge in [0.2, 0.25) is 5.91 Å². The summed E-state index contributed by atoms with van der Waals surface area (Å²) in [5.74, 6) is -0.395. The minimum Gasteiger partial charge on any atom is -0.352 e. The van der Waals surface area contributed by atoms with Gasteiger partial charge in [0.15, 0.2) is 0 Å². The molecule has 2 aliphatic carbocycles. The number of piperidine rings is 1. The number of rotatable bonds is 7. The van der Waals surface area contributed by atoms with E-state index in [-0.39, 0.29) is 41.3 Å². The number of alkyl halides is 6. The quantitative estimate of drug-likeness (QED) is 0.394. The number of carbonyl (C=O) groups excluding carboxylic acids is 1. The van der Waals surface area contributed by atoms with Crippen LogP contribution in [0.1, 0.15) is 59.9 Å². The van der Waals surface area contributed by atoms with Crippen LogP contribution in [0.5, 0.6) is 0 Å². The molecule has 1 saturated carbocycles. The zero-order valence-corrected chi connectivity index (χ0v) is 20.8. The van der Waals surface area contributed by atoms with Gasteiger partial charge >= 0.3 is 12.4 Å². The van der Waals surface area contributed by atoms with Gasteiger partial charge in [0.25, 0.3) is 0 Å².